The number of nitrogens with one attached hydrogen (secondary N) is 5. The number of nitrogens with zero attached hydrogens (tertiary/aromatic N) is 1. The average molecular weight is 403 g/mol. The van der Waals surface area contributed by atoms with Gasteiger partial charge >= 0.3 is 0 Å². The molecule has 154 valence electrons. The normalized spacial score (nSPS) is 14.7. The summed E-state index contributed by atoms with van der Waals surface area (Å²) in [5.74, 6) is 1.59. The topological polar surface area (TPSA) is 101 Å². The number of fused-ring (bicyclic) bond motifs is 1. The Morgan fingerprint density at radius 3 is 2.77 bits per heavy atom. The molecule has 0 radical (unpaired) electrons. The van der Waals surface area contributed by atoms with Gasteiger partial charge in [0.25, 0.3) is 5.56 Å². The lowest BCUT2D eigenvalue weighted by atomic mass is 10.0. The fourth-order valence-electron chi connectivity index (χ4n) is 3.89. The molecule has 7 nitrogen and oxygen atoms in total. The molecule has 4 aromatic rings. The van der Waals surface area contributed by atoms with Gasteiger partial charge in [-0.2, -0.15) is 5.10 Å². The van der Waals surface area contributed by atoms with Crippen molar-refractivity contribution in [1.82, 2.24) is 20.4 Å². The SMILES string of the molecule is O=c1[nH][nH]c2cc(NC(CCNc3cc(C4CC4)[nH]n3)Cc3ccccc3)ccc12. The zero-order chi connectivity index (χ0) is 20.3. The van der Waals surface area contributed by atoms with E-state index in [4.69, 9.17) is 0 Å². The molecule has 2 heterocycles. The molecule has 30 heavy (non-hydrogen) atoms. The first-order valence-electron chi connectivity index (χ1n) is 10.5. The molecule has 0 amide bonds. The highest BCUT2D eigenvalue weighted by Crippen LogP contribution is 2.39. The maximum absolute atomic E-state index is 11.8. The van der Waals surface area contributed by atoms with Crippen LogP contribution in [0.25, 0.3) is 10.9 Å². The second-order valence-corrected chi connectivity index (χ2v) is 8.07. The number of aromatic nitrogens is 4. The van der Waals surface area contributed by atoms with Crippen LogP contribution in [0.2, 0.25) is 0 Å². The highest BCUT2D eigenvalue weighted by molar-refractivity contribution is 5.81. The van der Waals surface area contributed by atoms with Gasteiger partial charge in [-0.3, -0.25) is 20.1 Å². The molecular weight excluding hydrogens is 376 g/mol. The molecule has 1 fully saturated rings. The lowest BCUT2D eigenvalue weighted by Gasteiger charge is -2.20. The van der Waals surface area contributed by atoms with E-state index in [1.165, 1.54) is 24.1 Å². The number of rotatable bonds is 9. The summed E-state index contributed by atoms with van der Waals surface area (Å²) in [6, 6.07) is 18.7. The summed E-state index contributed by atoms with van der Waals surface area (Å²) in [5.41, 5.74) is 4.25. The monoisotopic (exact) mass is 402 g/mol. The second-order valence-electron chi connectivity index (χ2n) is 8.07. The summed E-state index contributed by atoms with van der Waals surface area (Å²) in [4.78, 5) is 11.8. The summed E-state index contributed by atoms with van der Waals surface area (Å²) in [6.07, 6.45) is 4.38. The van der Waals surface area contributed by atoms with Crippen LogP contribution in [0.1, 0.15) is 36.4 Å². The Balaban J connectivity index is 1.26. The third kappa shape index (κ3) is 4.25. The smallest absolute Gasteiger partial charge is 0.271 e. The quantitative estimate of drug-likeness (QED) is 0.292. The van der Waals surface area contributed by atoms with Crippen molar-refractivity contribution in [2.75, 3.05) is 17.2 Å². The van der Waals surface area contributed by atoms with Crippen LogP contribution in [0.4, 0.5) is 11.5 Å². The van der Waals surface area contributed by atoms with Gasteiger partial charge in [-0.25, -0.2) is 0 Å². The lowest BCUT2D eigenvalue weighted by molar-refractivity contribution is 0.669. The molecule has 5 N–H and O–H groups in total. The summed E-state index contributed by atoms with van der Waals surface area (Å²) >= 11 is 0. The van der Waals surface area contributed by atoms with Gasteiger partial charge < -0.3 is 10.6 Å². The van der Waals surface area contributed by atoms with Gasteiger partial charge in [-0.05, 0) is 49.4 Å². The van der Waals surface area contributed by atoms with Crippen LogP contribution < -0.4 is 16.2 Å². The standard InChI is InChI=1S/C23H26N6O/c30-23-19-9-8-17(13-21(19)27-29-23)25-18(12-15-4-2-1-3-5-15)10-11-24-22-14-20(26-28-22)16-6-7-16/h1-5,8-9,13-14,16,18,25H,6-7,10-12H2,(H2,24,26,28)(H2,27,29,30). The number of hydrogen-bond acceptors (Lipinski definition) is 4. The van der Waals surface area contributed by atoms with Crippen molar-refractivity contribution in [2.45, 2.75) is 37.6 Å². The fourth-order valence-corrected chi connectivity index (χ4v) is 3.89. The highest BCUT2D eigenvalue weighted by Gasteiger charge is 2.25. The van der Waals surface area contributed by atoms with Crippen LogP contribution >= 0.6 is 0 Å². The third-order valence-electron chi connectivity index (χ3n) is 5.68. The highest BCUT2D eigenvalue weighted by atomic mass is 16.1. The van der Waals surface area contributed by atoms with Gasteiger partial charge in [-0.15, -0.1) is 0 Å². The van der Waals surface area contributed by atoms with Gasteiger partial charge in [0.15, 0.2) is 0 Å². The van der Waals surface area contributed by atoms with E-state index in [0.717, 1.165) is 36.4 Å². The van der Waals surface area contributed by atoms with Crippen LogP contribution in [-0.2, 0) is 6.42 Å². The van der Waals surface area contributed by atoms with Crippen molar-refractivity contribution in [2.24, 2.45) is 0 Å². The van der Waals surface area contributed by atoms with Crippen LogP contribution in [0, 0.1) is 0 Å². The maximum atomic E-state index is 11.8. The Hall–Kier alpha value is -3.48. The Bertz CT molecular complexity index is 1170. The second kappa shape index (κ2) is 8.10. The number of benzene rings is 2. The van der Waals surface area contributed by atoms with E-state index >= 15 is 0 Å². The van der Waals surface area contributed by atoms with E-state index in [0.29, 0.717) is 11.3 Å². The van der Waals surface area contributed by atoms with Crippen LogP contribution in [0.3, 0.4) is 0 Å². The van der Waals surface area contributed by atoms with E-state index < -0.39 is 0 Å². The lowest BCUT2D eigenvalue weighted by Crippen LogP contribution is -2.25. The number of aromatic amines is 3. The minimum atomic E-state index is -0.0915. The molecule has 0 aliphatic heterocycles. The summed E-state index contributed by atoms with van der Waals surface area (Å²) in [5, 5.41) is 20.9. The Morgan fingerprint density at radius 2 is 1.93 bits per heavy atom. The fraction of sp³-hybridized carbons (Fsp3) is 0.304. The van der Waals surface area contributed by atoms with E-state index in [2.05, 4.69) is 61.4 Å². The van der Waals surface area contributed by atoms with Gasteiger partial charge in [0, 0.05) is 36.0 Å². The van der Waals surface area contributed by atoms with E-state index in [1.54, 1.807) is 0 Å². The summed E-state index contributed by atoms with van der Waals surface area (Å²) < 4.78 is 0. The van der Waals surface area contributed by atoms with Crippen LogP contribution in [0.5, 0.6) is 0 Å². The molecule has 1 saturated carbocycles. The molecular formula is C23H26N6O. The van der Waals surface area contributed by atoms with Crippen LogP contribution in [0.15, 0.2) is 59.4 Å². The third-order valence-corrected chi connectivity index (χ3v) is 5.68. The maximum Gasteiger partial charge on any atom is 0.271 e. The molecule has 5 rings (SSSR count). The Kier molecular flexibility index (Phi) is 5.01. The van der Waals surface area contributed by atoms with Crippen molar-refractivity contribution in [3.05, 3.63) is 76.2 Å². The predicted molar refractivity (Wildman–Crippen MR) is 120 cm³/mol. The van der Waals surface area contributed by atoms with Crippen molar-refractivity contribution >= 4 is 22.4 Å². The molecule has 0 saturated heterocycles. The molecule has 1 atom stereocenters. The number of hydrogen-bond donors (Lipinski definition) is 5. The van der Waals surface area contributed by atoms with E-state index in [9.17, 15) is 4.79 Å². The molecule has 0 spiro atoms. The molecule has 1 aliphatic carbocycles. The minimum absolute atomic E-state index is 0.0915. The summed E-state index contributed by atoms with van der Waals surface area (Å²) in [7, 11) is 0. The van der Waals surface area contributed by atoms with Gasteiger partial charge in [0.2, 0.25) is 0 Å². The zero-order valence-corrected chi connectivity index (χ0v) is 16.7. The first-order chi connectivity index (χ1) is 14.7. The summed E-state index contributed by atoms with van der Waals surface area (Å²) in [6.45, 7) is 0.822. The van der Waals surface area contributed by atoms with Crippen molar-refractivity contribution in [3.8, 4) is 0 Å². The predicted octanol–water partition coefficient (Wildman–Crippen LogP) is 3.98. The molecule has 0 bridgehead atoms. The Labute approximate surface area is 174 Å². The first kappa shape index (κ1) is 18.5. The number of H-pyrrole nitrogens is 3. The first-order valence-corrected chi connectivity index (χ1v) is 10.5. The molecule has 1 unspecified atom stereocenters. The molecule has 2 aromatic heterocycles. The Morgan fingerprint density at radius 1 is 1.07 bits per heavy atom. The molecule has 1 aliphatic rings. The van der Waals surface area contributed by atoms with Crippen molar-refractivity contribution in [1.29, 1.82) is 0 Å². The minimum Gasteiger partial charge on any atom is -0.382 e. The largest absolute Gasteiger partial charge is 0.382 e. The van der Waals surface area contributed by atoms with Crippen molar-refractivity contribution < 1.29 is 0 Å². The zero-order valence-electron chi connectivity index (χ0n) is 16.7. The van der Waals surface area contributed by atoms with Gasteiger partial charge in [0.05, 0.1) is 10.9 Å². The van der Waals surface area contributed by atoms with Crippen LogP contribution in [-0.4, -0.2) is 33.0 Å². The van der Waals surface area contributed by atoms with Gasteiger partial charge in [0.1, 0.15) is 5.82 Å². The molecule has 7 heteroatoms. The average Bonchev–Trinajstić information content (AvgIpc) is 3.40. The molecule has 2 aromatic carbocycles. The van der Waals surface area contributed by atoms with E-state index in [1.807, 2.05) is 24.3 Å². The van der Waals surface area contributed by atoms with E-state index in [-0.39, 0.29) is 11.6 Å². The number of anilines is 2. The van der Waals surface area contributed by atoms with Crippen molar-refractivity contribution in [3.63, 3.8) is 0 Å². The van der Waals surface area contributed by atoms with Gasteiger partial charge in [-0.1, -0.05) is 30.3 Å².